The Labute approximate surface area is 134 Å². The van der Waals surface area contributed by atoms with Gasteiger partial charge in [-0.3, -0.25) is 0 Å². The lowest BCUT2D eigenvalue weighted by Crippen LogP contribution is -2.18. The number of imidazole rings is 1. The second-order valence-corrected chi connectivity index (χ2v) is 5.81. The Morgan fingerprint density at radius 2 is 2.05 bits per heavy atom. The molecule has 0 aliphatic rings. The van der Waals surface area contributed by atoms with E-state index in [1.807, 2.05) is 48.5 Å². The average Bonchev–Trinajstić information content (AvgIpc) is 2.83. The predicted molar refractivity (Wildman–Crippen MR) is 90.5 cm³/mol. The SMILES string of the molecule is CC(O)CNc1nc2ccccc2n1Cc1cccc(Cl)c1. The number of para-hydroxylation sites is 2. The zero-order valence-corrected chi connectivity index (χ0v) is 13.1. The number of halogens is 1. The number of hydrogen-bond acceptors (Lipinski definition) is 3. The predicted octanol–water partition coefficient (Wildman–Crippen LogP) is 3.53. The molecular weight excluding hydrogens is 298 g/mol. The fourth-order valence-corrected chi connectivity index (χ4v) is 2.64. The van der Waals surface area contributed by atoms with Crippen LogP contribution >= 0.6 is 11.6 Å². The lowest BCUT2D eigenvalue weighted by Gasteiger charge is -2.12. The lowest BCUT2D eigenvalue weighted by molar-refractivity contribution is 0.208. The summed E-state index contributed by atoms with van der Waals surface area (Å²) in [7, 11) is 0. The summed E-state index contributed by atoms with van der Waals surface area (Å²) in [4.78, 5) is 4.61. The highest BCUT2D eigenvalue weighted by Crippen LogP contribution is 2.22. The van der Waals surface area contributed by atoms with Crippen LogP contribution in [0.1, 0.15) is 12.5 Å². The van der Waals surface area contributed by atoms with Crippen molar-refractivity contribution in [1.29, 1.82) is 0 Å². The Bertz CT molecular complexity index is 782. The van der Waals surface area contributed by atoms with Crippen LogP contribution in [-0.4, -0.2) is 27.3 Å². The largest absolute Gasteiger partial charge is 0.392 e. The van der Waals surface area contributed by atoms with E-state index in [1.165, 1.54) is 0 Å². The average molecular weight is 316 g/mol. The molecule has 2 aromatic carbocycles. The van der Waals surface area contributed by atoms with Crippen LogP contribution in [0.25, 0.3) is 11.0 Å². The van der Waals surface area contributed by atoms with Gasteiger partial charge in [0.15, 0.2) is 0 Å². The molecule has 0 saturated heterocycles. The number of aliphatic hydroxyl groups is 1. The molecular formula is C17H18ClN3O. The first-order valence-electron chi connectivity index (χ1n) is 7.25. The van der Waals surface area contributed by atoms with Crippen molar-refractivity contribution in [3.63, 3.8) is 0 Å². The van der Waals surface area contributed by atoms with E-state index in [9.17, 15) is 5.11 Å². The standard InChI is InChI=1S/C17H18ClN3O/c1-12(22)10-19-17-20-15-7-2-3-8-16(15)21(17)11-13-5-4-6-14(18)9-13/h2-9,12,22H,10-11H2,1H3,(H,19,20). The van der Waals surface area contributed by atoms with Gasteiger partial charge in [0.05, 0.1) is 23.7 Å². The quantitative estimate of drug-likeness (QED) is 0.757. The van der Waals surface area contributed by atoms with Gasteiger partial charge in [-0.25, -0.2) is 4.98 Å². The molecule has 114 valence electrons. The molecule has 4 nitrogen and oxygen atoms in total. The minimum Gasteiger partial charge on any atom is -0.392 e. The van der Waals surface area contributed by atoms with E-state index in [2.05, 4.69) is 14.9 Å². The highest BCUT2D eigenvalue weighted by atomic mass is 35.5. The van der Waals surface area contributed by atoms with Crippen LogP contribution in [0.3, 0.4) is 0 Å². The first-order chi connectivity index (χ1) is 10.6. The second-order valence-electron chi connectivity index (χ2n) is 5.37. The van der Waals surface area contributed by atoms with Crippen LogP contribution in [0.15, 0.2) is 48.5 Å². The molecule has 22 heavy (non-hydrogen) atoms. The first kappa shape index (κ1) is 14.9. The van der Waals surface area contributed by atoms with E-state index >= 15 is 0 Å². The summed E-state index contributed by atoms with van der Waals surface area (Å²) < 4.78 is 2.10. The number of aliphatic hydroxyl groups excluding tert-OH is 1. The molecule has 3 aromatic rings. The van der Waals surface area contributed by atoms with Gasteiger partial charge in [0.1, 0.15) is 0 Å². The van der Waals surface area contributed by atoms with Crippen molar-refractivity contribution < 1.29 is 5.11 Å². The minimum atomic E-state index is -0.431. The number of fused-ring (bicyclic) bond motifs is 1. The van der Waals surface area contributed by atoms with Crippen LogP contribution < -0.4 is 5.32 Å². The van der Waals surface area contributed by atoms with Crippen LogP contribution in [0, 0.1) is 0 Å². The third-order valence-electron chi connectivity index (χ3n) is 3.44. The molecule has 0 fully saturated rings. The molecule has 0 amide bonds. The molecule has 5 heteroatoms. The van der Waals surface area contributed by atoms with E-state index in [0.29, 0.717) is 13.1 Å². The molecule has 0 saturated carbocycles. The van der Waals surface area contributed by atoms with Gasteiger partial charge in [-0.15, -0.1) is 0 Å². The minimum absolute atomic E-state index is 0.431. The van der Waals surface area contributed by atoms with E-state index in [1.54, 1.807) is 6.92 Å². The number of aromatic nitrogens is 2. The van der Waals surface area contributed by atoms with Crippen LogP contribution in [0.2, 0.25) is 5.02 Å². The Kier molecular flexibility index (Phi) is 4.32. The van der Waals surface area contributed by atoms with Crippen LogP contribution in [-0.2, 0) is 6.54 Å². The summed E-state index contributed by atoms with van der Waals surface area (Å²) in [6, 6.07) is 15.8. The summed E-state index contributed by atoms with van der Waals surface area (Å²) >= 11 is 6.07. The van der Waals surface area contributed by atoms with Crippen molar-refractivity contribution in [1.82, 2.24) is 9.55 Å². The van der Waals surface area contributed by atoms with E-state index < -0.39 is 6.10 Å². The molecule has 1 aromatic heterocycles. The van der Waals surface area contributed by atoms with Gasteiger partial charge in [0.2, 0.25) is 5.95 Å². The van der Waals surface area contributed by atoms with Gasteiger partial charge in [0.25, 0.3) is 0 Å². The number of nitrogens with zero attached hydrogens (tertiary/aromatic N) is 2. The fraction of sp³-hybridized carbons (Fsp3) is 0.235. The lowest BCUT2D eigenvalue weighted by atomic mass is 10.2. The number of anilines is 1. The molecule has 0 aliphatic heterocycles. The summed E-state index contributed by atoms with van der Waals surface area (Å²) in [5, 5.41) is 13.4. The third-order valence-corrected chi connectivity index (χ3v) is 3.67. The number of benzene rings is 2. The Hall–Kier alpha value is -2.04. The molecule has 1 heterocycles. The zero-order chi connectivity index (χ0) is 15.5. The van der Waals surface area contributed by atoms with Crippen LogP contribution in [0.4, 0.5) is 5.95 Å². The van der Waals surface area contributed by atoms with Crippen molar-refractivity contribution in [2.24, 2.45) is 0 Å². The first-order valence-corrected chi connectivity index (χ1v) is 7.63. The summed E-state index contributed by atoms with van der Waals surface area (Å²) in [6.45, 7) is 2.87. The highest BCUT2D eigenvalue weighted by Gasteiger charge is 2.11. The van der Waals surface area contributed by atoms with Crippen LogP contribution in [0.5, 0.6) is 0 Å². The summed E-state index contributed by atoms with van der Waals surface area (Å²) in [6.07, 6.45) is -0.431. The monoisotopic (exact) mass is 315 g/mol. The number of hydrogen-bond donors (Lipinski definition) is 2. The molecule has 2 N–H and O–H groups in total. The molecule has 0 aliphatic carbocycles. The number of rotatable bonds is 5. The zero-order valence-electron chi connectivity index (χ0n) is 12.3. The third kappa shape index (κ3) is 3.24. The normalized spacial score (nSPS) is 12.5. The Balaban J connectivity index is 1.99. The number of nitrogens with one attached hydrogen (secondary N) is 1. The van der Waals surface area contributed by atoms with Crippen molar-refractivity contribution in [3.05, 3.63) is 59.1 Å². The van der Waals surface area contributed by atoms with E-state index in [4.69, 9.17) is 11.6 Å². The van der Waals surface area contributed by atoms with Gasteiger partial charge >= 0.3 is 0 Å². The molecule has 0 bridgehead atoms. The van der Waals surface area contributed by atoms with E-state index in [-0.39, 0.29) is 0 Å². The molecule has 1 atom stereocenters. The second kappa shape index (κ2) is 6.38. The van der Waals surface area contributed by atoms with Crippen molar-refractivity contribution in [2.75, 3.05) is 11.9 Å². The Morgan fingerprint density at radius 3 is 2.82 bits per heavy atom. The van der Waals surface area contributed by atoms with Crippen molar-refractivity contribution >= 4 is 28.6 Å². The van der Waals surface area contributed by atoms with Gasteiger partial charge in [-0.05, 0) is 36.8 Å². The van der Waals surface area contributed by atoms with Gasteiger partial charge in [0, 0.05) is 11.6 Å². The van der Waals surface area contributed by atoms with Gasteiger partial charge in [-0.1, -0.05) is 35.9 Å². The van der Waals surface area contributed by atoms with Crippen molar-refractivity contribution in [3.8, 4) is 0 Å². The molecule has 1 unspecified atom stereocenters. The maximum Gasteiger partial charge on any atom is 0.204 e. The maximum absolute atomic E-state index is 9.49. The van der Waals surface area contributed by atoms with Gasteiger partial charge < -0.3 is 15.0 Å². The smallest absolute Gasteiger partial charge is 0.204 e. The molecule has 3 rings (SSSR count). The highest BCUT2D eigenvalue weighted by molar-refractivity contribution is 6.30. The topological polar surface area (TPSA) is 50.1 Å². The Morgan fingerprint density at radius 1 is 1.23 bits per heavy atom. The van der Waals surface area contributed by atoms with Crippen molar-refractivity contribution in [2.45, 2.75) is 19.6 Å². The maximum atomic E-state index is 9.49. The van der Waals surface area contributed by atoms with E-state index in [0.717, 1.165) is 27.6 Å². The molecule has 0 radical (unpaired) electrons. The van der Waals surface area contributed by atoms with Gasteiger partial charge in [-0.2, -0.15) is 0 Å². The summed E-state index contributed by atoms with van der Waals surface area (Å²) in [5.74, 6) is 0.752. The summed E-state index contributed by atoms with van der Waals surface area (Å²) in [5.41, 5.74) is 3.09. The molecule has 0 spiro atoms. The fourth-order valence-electron chi connectivity index (χ4n) is 2.43.